The van der Waals surface area contributed by atoms with E-state index in [1.165, 1.54) is 5.56 Å². The molecular weight excluding hydrogens is 372 g/mol. The molecule has 3 aromatic rings. The van der Waals surface area contributed by atoms with E-state index in [1.54, 1.807) is 17.7 Å². The number of aryl methyl sites for hydroxylation is 1. The van der Waals surface area contributed by atoms with Crippen molar-refractivity contribution >= 4 is 33.3 Å². The fourth-order valence-corrected chi connectivity index (χ4v) is 5.63. The number of nitrogens with one attached hydrogen (secondary N) is 1. The van der Waals surface area contributed by atoms with Crippen molar-refractivity contribution in [1.29, 1.82) is 0 Å². The maximum atomic E-state index is 13.0. The Morgan fingerprint density at radius 2 is 2.14 bits per heavy atom. The van der Waals surface area contributed by atoms with Crippen LogP contribution in [0.4, 0.5) is 5.82 Å². The third kappa shape index (κ3) is 2.35. The van der Waals surface area contributed by atoms with Crippen LogP contribution in [0.5, 0.6) is 5.75 Å². The van der Waals surface area contributed by atoms with Crippen molar-refractivity contribution in [1.82, 2.24) is 14.9 Å². The van der Waals surface area contributed by atoms with Crippen molar-refractivity contribution in [2.24, 2.45) is 11.8 Å². The minimum atomic E-state index is 0.0998. The van der Waals surface area contributed by atoms with Crippen LogP contribution in [0.1, 0.15) is 21.5 Å². The Kier molecular flexibility index (Phi) is 3.44. The number of benzene rings is 1. The summed E-state index contributed by atoms with van der Waals surface area (Å²) in [5, 5.41) is 6.87. The molecule has 2 aliphatic heterocycles. The standard InChI is InChI=1S/C21H20N4O2S/c1-11-9-28-20-16(11)19(22-10-23-20)24-17-14-7-25(8-15(14)17)21(26)13-4-2-3-12-5-6-27-18(12)13/h2-4,9-10,14-15,17H,5-8H2,1H3,(H,22,23,24)/t14-,15+,17?. The van der Waals surface area contributed by atoms with Crippen LogP contribution in [0.15, 0.2) is 29.9 Å². The molecule has 142 valence electrons. The third-order valence-corrected chi connectivity index (χ3v) is 7.29. The van der Waals surface area contributed by atoms with E-state index in [0.29, 0.717) is 30.0 Å². The molecule has 6 rings (SSSR count). The number of likely N-dealkylation sites (tertiary alicyclic amines) is 1. The molecule has 0 radical (unpaired) electrons. The number of nitrogens with zero attached hydrogens (tertiary/aromatic N) is 3. The molecule has 2 aromatic heterocycles. The van der Waals surface area contributed by atoms with Crippen molar-refractivity contribution in [3.05, 3.63) is 46.6 Å². The number of hydrogen-bond donors (Lipinski definition) is 1. The SMILES string of the molecule is Cc1csc2ncnc(NC3[C@H]4CN(C(=O)c5cccc6c5OCC6)C[C@@H]34)c12. The Labute approximate surface area is 166 Å². The van der Waals surface area contributed by atoms with E-state index in [0.717, 1.165) is 46.9 Å². The number of piperidine rings is 1. The Balaban J connectivity index is 1.17. The lowest BCUT2D eigenvalue weighted by Gasteiger charge is -2.21. The number of rotatable bonds is 3. The van der Waals surface area contributed by atoms with Gasteiger partial charge in [-0.15, -0.1) is 11.3 Å². The van der Waals surface area contributed by atoms with Crippen LogP contribution in [-0.2, 0) is 6.42 Å². The first-order chi connectivity index (χ1) is 13.7. The first-order valence-electron chi connectivity index (χ1n) is 9.70. The van der Waals surface area contributed by atoms with Crippen molar-refractivity contribution in [3.63, 3.8) is 0 Å². The monoisotopic (exact) mass is 392 g/mol. The molecule has 1 amide bonds. The molecule has 1 saturated carbocycles. The highest BCUT2D eigenvalue weighted by Crippen LogP contribution is 2.48. The van der Waals surface area contributed by atoms with Crippen LogP contribution < -0.4 is 10.1 Å². The summed E-state index contributed by atoms with van der Waals surface area (Å²) >= 11 is 1.65. The van der Waals surface area contributed by atoms with Crippen LogP contribution in [0, 0.1) is 18.8 Å². The topological polar surface area (TPSA) is 67.4 Å². The van der Waals surface area contributed by atoms with Gasteiger partial charge in [-0.3, -0.25) is 4.79 Å². The van der Waals surface area contributed by atoms with Crippen molar-refractivity contribution in [2.45, 2.75) is 19.4 Å². The summed E-state index contributed by atoms with van der Waals surface area (Å²) in [6, 6.07) is 6.29. The van der Waals surface area contributed by atoms with E-state index in [-0.39, 0.29) is 5.91 Å². The molecular formula is C21H20N4O2S. The minimum absolute atomic E-state index is 0.0998. The number of amides is 1. The number of hydrogen-bond acceptors (Lipinski definition) is 6. The normalized spacial score (nSPS) is 24.8. The van der Waals surface area contributed by atoms with Crippen molar-refractivity contribution in [3.8, 4) is 5.75 Å². The highest BCUT2D eigenvalue weighted by atomic mass is 32.1. The Morgan fingerprint density at radius 1 is 1.29 bits per heavy atom. The predicted molar refractivity (Wildman–Crippen MR) is 108 cm³/mol. The summed E-state index contributed by atoms with van der Waals surface area (Å²) in [6.07, 6.45) is 2.52. The van der Waals surface area contributed by atoms with Gasteiger partial charge in [-0.05, 0) is 29.5 Å². The molecule has 0 spiro atoms. The summed E-state index contributed by atoms with van der Waals surface area (Å²) in [5.74, 6) is 2.80. The molecule has 1 saturated heterocycles. The molecule has 28 heavy (non-hydrogen) atoms. The van der Waals surface area contributed by atoms with E-state index in [2.05, 4.69) is 33.7 Å². The highest BCUT2D eigenvalue weighted by Gasteiger charge is 2.57. The summed E-state index contributed by atoms with van der Waals surface area (Å²) < 4.78 is 5.72. The van der Waals surface area contributed by atoms with E-state index >= 15 is 0 Å². The maximum absolute atomic E-state index is 13.0. The zero-order valence-corrected chi connectivity index (χ0v) is 16.3. The molecule has 3 atom stereocenters. The molecule has 1 N–H and O–H groups in total. The quantitative estimate of drug-likeness (QED) is 0.742. The lowest BCUT2D eigenvalue weighted by molar-refractivity contribution is 0.0770. The number of thiophene rings is 1. The third-order valence-electron chi connectivity index (χ3n) is 6.28. The first-order valence-corrected chi connectivity index (χ1v) is 10.6. The summed E-state index contributed by atoms with van der Waals surface area (Å²) in [6.45, 7) is 4.36. The van der Waals surface area contributed by atoms with Crippen LogP contribution >= 0.6 is 11.3 Å². The zero-order valence-electron chi connectivity index (χ0n) is 15.5. The van der Waals surface area contributed by atoms with Gasteiger partial charge in [0.2, 0.25) is 0 Å². The van der Waals surface area contributed by atoms with Gasteiger partial charge < -0.3 is 15.0 Å². The van der Waals surface area contributed by atoms with Gasteiger partial charge >= 0.3 is 0 Å². The second-order valence-corrected chi connectivity index (χ2v) is 8.78. The number of carbonyl (C=O) groups is 1. The smallest absolute Gasteiger partial charge is 0.257 e. The van der Waals surface area contributed by atoms with Crippen LogP contribution in [0.3, 0.4) is 0 Å². The number of ether oxygens (including phenoxy) is 1. The van der Waals surface area contributed by atoms with Crippen LogP contribution in [0.25, 0.3) is 10.2 Å². The van der Waals surface area contributed by atoms with Gasteiger partial charge in [-0.1, -0.05) is 12.1 Å². The largest absolute Gasteiger partial charge is 0.492 e. The molecule has 6 nitrogen and oxygen atoms in total. The first kappa shape index (κ1) is 16.3. The second-order valence-electron chi connectivity index (χ2n) is 7.92. The molecule has 0 bridgehead atoms. The summed E-state index contributed by atoms with van der Waals surface area (Å²) in [5.41, 5.74) is 3.07. The number of fused-ring (bicyclic) bond motifs is 3. The van der Waals surface area contributed by atoms with Gasteiger partial charge in [0, 0.05) is 37.4 Å². The number of aromatic nitrogens is 2. The van der Waals surface area contributed by atoms with Gasteiger partial charge in [0.15, 0.2) is 0 Å². The molecule has 7 heteroatoms. The number of anilines is 1. The lowest BCUT2D eigenvalue weighted by Crippen LogP contribution is -2.34. The van der Waals surface area contributed by atoms with E-state index in [9.17, 15) is 4.79 Å². The molecule has 3 aliphatic rings. The van der Waals surface area contributed by atoms with Gasteiger partial charge in [-0.2, -0.15) is 0 Å². The number of para-hydroxylation sites is 1. The molecule has 4 heterocycles. The summed E-state index contributed by atoms with van der Waals surface area (Å²) in [4.78, 5) is 24.9. The Bertz CT molecular complexity index is 1100. The van der Waals surface area contributed by atoms with Gasteiger partial charge in [-0.25, -0.2) is 9.97 Å². The van der Waals surface area contributed by atoms with Crippen LogP contribution in [-0.4, -0.2) is 46.5 Å². The lowest BCUT2D eigenvalue weighted by atomic mass is 10.1. The van der Waals surface area contributed by atoms with Gasteiger partial charge in [0.1, 0.15) is 22.7 Å². The van der Waals surface area contributed by atoms with Crippen molar-refractivity contribution in [2.75, 3.05) is 25.0 Å². The number of carbonyl (C=O) groups excluding carboxylic acids is 1. The zero-order chi connectivity index (χ0) is 18.8. The van der Waals surface area contributed by atoms with Crippen molar-refractivity contribution < 1.29 is 9.53 Å². The molecule has 1 aromatic carbocycles. The van der Waals surface area contributed by atoms with E-state index < -0.39 is 0 Å². The average molecular weight is 392 g/mol. The highest BCUT2D eigenvalue weighted by molar-refractivity contribution is 7.17. The minimum Gasteiger partial charge on any atom is -0.492 e. The predicted octanol–water partition coefficient (Wildman–Crippen LogP) is 3.12. The van der Waals surface area contributed by atoms with Gasteiger partial charge in [0.05, 0.1) is 17.6 Å². The molecule has 1 unspecified atom stereocenters. The fraction of sp³-hybridized carbons (Fsp3) is 0.381. The molecule has 2 fully saturated rings. The van der Waals surface area contributed by atoms with Gasteiger partial charge in [0.25, 0.3) is 5.91 Å². The molecule has 1 aliphatic carbocycles. The van der Waals surface area contributed by atoms with E-state index in [4.69, 9.17) is 4.74 Å². The maximum Gasteiger partial charge on any atom is 0.257 e. The Morgan fingerprint density at radius 3 is 3.00 bits per heavy atom. The summed E-state index contributed by atoms with van der Waals surface area (Å²) in [7, 11) is 0. The second kappa shape index (κ2) is 5.91. The fourth-order valence-electron chi connectivity index (χ4n) is 4.74. The van der Waals surface area contributed by atoms with E-state index in [1.807, 2.05) is 17.0 Å². The Hall–Kier alpha value is -2.67. The average Bonchev–Trinajstić information content (AvgIpc) is 3.19. The van der Waals surface area contributed by atoms with Crippen LogP contribution in [0.2, 0.25) is 0 Å².